The van der Waals surface area contributed by atoms with Crippen LogP contribution >= 0.6 is 23.2 Å². The number of hydrogen-bond donors (Lipinski definition) is 1. The van der Waals surface area contributed by atoms with Crippen LogP contribution < -0.4 is 5.32 Å². The molecule has 27 heavy (non-hydrogen) atoms. The predicted octanol–water partition coefficient (Wildman–Crippen LogP) is 4.76. The molecule has 0 aliphatic carbocycles. The number of carbonyl (C=O) groups excluding carboxylic acids is 2. The van der Waals surface area contributed by atoms with E-state index < -0.39 is 5.91 Å². The topological polar surface area (TPSA) is 62.6 Å². The van der Waals surface area contributed by atoms with E-state index >= 15 is 0 Å². The van der Waals surface area contributed by atoms with E-state index in [1.54, 1.807) is 23.1 Å². The first kappa shape index (κ1) is 19.5. The van der Waals surface area contributed by atoms with Crippen molar-refractivity contribution in [3.05, 3.63) is 63.7 Å². The first-order valence-corrected chi connectivity index (χ1v) is 9.61. The van der Waals surface area contributed by atoms with Crippen LogP contribution in [0.25, 0.3) is 6.08 Å². The normalized spacial score (nSPS) is 15.3. The molecule has 0 atom stereocenters. The third-order valence-corrected chi connectivity index (χ3v) is 4.93. The third kappa shape index (κ3) is 5.15. The van der Waals surface area contributed by atoms with Crippen molar-refractivity contribution in [2.75, 3.05) is 13.1 Å². The predicted molar refractivity (Wildman–Crippen MR) is 106 cm³/mol. The Kier molecular flexibility index (Phi) is 6.58. The van der Waals surface area contributed by atoms with Gasteiger partial charge in [-0.1, -0.05) is 36.0 Å². The zero-order valence-corrected chi connectivity index (χ0v) is 16.2. The molecular formula is C20H20Cl2N2O3. The van der Waals surface area contributed by atoms with E-state index in [-0.39, 0.29) is 22.2 Å². The molecule has 2 aromatic rings. The van der Waals surface area contributed by atoms with E-state index in [1.807, 2.05) is 0 Å². The number of benzene rings is 1. The molecule has 2 amide bonds. The third-order valence-electron chi connectivity index (χ3n) is 4.38. The van der Waals surface area contributed by atoms with Crippen LogP contribution in [0, 0.1) is 0 Å². The van der Waals surface area contributed by atoms with Gasteiger partial charge in [0.2, 0.25) is 0 Å². The smallest absolute Gasteiger partial charge is 0.270 e. The van der Waals surface area contributed by atoms with E-state index in [1.165, 1.54) is 24.5 Å². The van der Waals surface area contributed by atoms with E-state index in [9.17, 15) is 9.59 Å². The molecule has 0 radical (unpaired) electrons. The summed E-state index contributed by atoms with van der Waals surface area (Å²) in [4.78, 5) is 27.5. The van der Waals surface area contributed by atoms with Crippen LogP contribution in [0.5, 0.6) is 0 Å². The second-order valence-electron chi connectivity index (χ2n) is 6.36. The van der Waals surface area contributed by atoms with Crippen LogP contribution in [0.4, 0.5) is 0 Å². The highest BCUT2D eigenvalue weighted by atomic mass is 35.5. The van der Waals surface area contributed by atoms with Crippen molar-refractivity contribution in [3.63, 3.8) is 0 Å². The summed E-state index contributed by atoms with van der Waals surface area (Å²) in [6.07, 6.45) is 7.17. The van der Waals surface area contributed by atoms with Crippen molar-refractivity contribution in [2.45, 2.75) is 25.7 Å². The second-order valence-corrected chi connectivity index (χ2v) is 7.20. The number of halogens is 2. The number of nitrogens with one attached hydrogen (secondary N) is 1. The fourth-order valence-electron chi connectivity index (χ4n) is 2.97. The SMILES string of the molecule is O=C(N/C(=C\c1ccco1)C(=O)N1CCCCCC1)c1ccc(Cl)cc1Cl. The fraction of sp³-hybridized carbons (Fsp3) is 0.300. The van der Waals surface area contributed by atoms with Gasteiger partial charge in [-0.15, -0.1) is 0 Å². The van der Waals surface area contributed by atoms with Gasteiger partial charge < -0.3 is 14.6 Å². The van der Waals surface area contributed by atoms with Crippen molar-refractivity contribution in [1.82, 2.24) is 10.2 Å². The van der Waals surface area contributed by atoms with Gasteiger partial charge in [-0.3, -0.25) is 9.59 Å². The standard InChI is InChI=1S/C20H20Cl2N2O3/c21-14-7-8-16(17(22)12-14)19(25)23-18(13-15-6-5-11-27-15)20(26)24-9-3-1-2-4-10-24/h5-8,11-13H,1-4,9-10H2,(H,23,25)/b18-13-. The maximum atomic E-state index is 13.0. The summed E-state index contributed by atoms with van der Waals surface area (Å²) in [6, 6.07) is 8.04. The maximum Gasteiger partial charge on any atom is 0.270 e. The molecule has 1 saturated heterocycles. The Morgan fingerprint density at radius 2 is 1.81 bits per heavy atom. The summed E-state index contributed by atoms with van der Waals surface area (Å²) >= 11 is 12.0. The van der Waals surface area contributed by atoms with Crippen LogP contribution in [-0.4, -0.2) is 29.8 Å². The Hall–Kier alpha value is -2.24. The molecule has 0 saturated carbocycles. The number of nitrogens with zero attached hydrogens (tertiary/aromatic N) is 1. The average molecular weight is 407 g/mol. The maximum absolute atomic E-state index is 13.0. The van der Waals surface area contributed by atoms with Gasteiger partial charge in [0.1, 0.15) is 11.5 Å². The lowest BCUT2D eigenvalue weighted by Crippen LogP contribution is -2.39. The fourth-order valence-corrected chi connectivity index (χ4v) is 3.47. The Bertz CT molecular complexity index is 839. The van der Waals surface area contributed by atoms with Gasteiger partial charge in [0.05, 0.1) is 16.8 Å². The summed E-state index contributed by atoms with van der Waals surface area (Å²) < 4.78 is 5.31. The molecule has 142 valence electrons. The Morgan fingerprint density at radius 3 is 2.44 bits per heavy atom. The second kappa shape index (κ2) is 9.11. The summed E-state index contributed by atoms with van der Waals surface area (Å²) in [5.41, 5.74) is 0.401. The van der Waals surface area contributed by atoms with Crippen molar-refractivity contribution in [2.24, 2.45) is 0 Å². The first-order chi connectivity index (χ1) is 13.0. The molecule has 1 aliphatic rings. The molecule has 1 aromatic carbocycles. The molecule has 7 heteroatoms. The van der Waals surface area contributed by atoms with Crippen molar-refractivity contribution >= 4 is 41.1 Å². The number of carbonyl (C=O) groups is 2. The molecule has 1 N–H and O–H groups in total. The number of furan rings is 1. The van der Waals surface area contributed by atoms with Gasteiger partial charge >= 0.3 is 0 Å². The lowest BCUT2D eigenvalue weighted by molar-refractivity contribution is -0.127. The van der Waals surface area contributed by atoms with Gasteiger partial charge in [-0.2, -0.15) is 0 Å². The summed E-state index contributed by atoms with van der Waals surface area (Å²) in [5.74, 6) is -0.222. The van der Waals surface area contributed by atoms with Crippen molar-refractivity contribution in [1.29, 1.82) is 0 Å². The van der Waals surface area contributed by atoms with Crippen LogP contribution in [0.2, 0.25) is 10.0 Å². The van der Waals surface area contributed by atoms with Crippen molar-refractivity contribution < 1.29 is 14.0 Å². The van der Waals surface area contributed by atoms with Gasteiger partial charge in [0.25, 0.3) is 11.8 Å². The number of rotatable bonds is 4. The van der Waals surface area contributed by atoms with Gasteiger partial charge in [-0.05, 0) is 43.2 Å². The minimum absolute atomic E-state index is 0.155. The van der Waals surface area contributed by atoms with E-state index in [4.69, 9.17) is 27.6 Å². The molecule has 1 fully saturated rings. The lowest BCUT2D eigenvalue weighted by atomic mass is 10.2. The number of likely N-dealkylation sites (tertiary alicyclic amines) is 1. The van der Waals surface area contributed by atoms with E-state index in [2.05, 4.69) is 5.32 Å². The number of hydrogen-bond acceptors (Lipinski definition) is 3. The van der Waals surface area contributed by atoms with Crippen LogP contribution in [0.15, 0.2) is 46.7 Å². The molecular weight excluding hydrogens is 387 g/mol. The van der Waals surface area contributed by atoms with Gasteiger partial charge in [0, 0.05) is 24.2 Å². The highest BCUT2D eigenvalue weighted by Crippen LogP contribution is 2.22. The van der Waals surface area contributed by atoms with E-state index in [0.717, 1.165) is 25.7 Å². The Morgan fingerprint density at radius 1 is 1.07 bits per heavy atom. The van der Waals surface area contributed by atoms with Crippen LogP contribution in [0.1, 0.15) is 41.8 Å². The Balaban J connectivity index is 1.85. The summed E-state index contributed by atoms with van der Waals surface area (Å²) in [5, 5.41) is 3.35. The average Bonchev–Trinajstić information content (AvgIpc) is 3.00. The molecule has 3 rings (SSSR count). The van der Waals surface area contributed by atoms with Gasteiger partial charge in [0.15, 0.2) is 0 Å². The largest absolute Gasteiger partial charge is 0.465 e. The molecule has 1 aliphatic heterocycles. The number of amides is 2. The molecule has 0 unspecified atom stereocenters. The van der Waals surface area contributed by atoms with Crippen molar-refractivity contribution in [3.8, 4) is 0 Å². The summed E-state index contributed by atoms with van der Waals surface area (Å²) in [7, 11) is 0. The molecule has 2 heterocycles. The lowest BCUT2D eigenvalue weighted by Gasteiger charge is -2.22. The zero-order chi connectivity index (χ0) is 19.2. The Labute approximate surface area is 167 Å². The van der Waals surface area contributed by atoms with Crippen LogP contribution in [0.3, 0.4) is 0 Å². The first-order valence-electron chi connectivity index (χ1n) is 8.85. The van der Waals surface area contributed by atoms with Gasteiger partial charge in [-0.25, -0.2) is 0 Å². The summed E-state index contributed by atoms with van der Waals surface area (Å²) in [6.45, 7) is 1.35. The van der Waals surface area contributed by atoms with Crippen LogP contribution in [-0.2, 0) is 4.79 Å². The zero-order valence-electron chi connectivity index (χ0n) is 14.7. The molecule has 1 aromatic heterocycles. The highest BCUT2D eigenvalue weighted by molar-refractivity contribution is 6.36. The molecule has 5 nitrogen and oxygen atoms in total. The highest BCUT2D eigenvalue weighted by Gasteiger charge is 2.23. The van der Waals surface area contributed by atoms with E-state index in [0.29, 0.717) is 23.9 Å². The quantitative estimate of drug-likeness (QED) is 0.744. The molecule has 0 spiro atoms. The minimum atomic E-state index is -0.474. The minimum Gasteiger partial charge on any atom is -0.465 e. The molecule has 0 bridgehead atoms. The monoisotopic (exact) mass is 406 g/mol.